The van der Waals surface area contributed by atoms with E-state index >= 15 is 0 Å². The molecule has 0 aliphatic carbocycles. The van der Waals surface area contributed by atoms with Crippen molar-refractivity contribution < 1.29 is 22.7 Å². The van der Waals surface area contributed by atoms with Gasteiger partial charge in [0.15, 0.2) is 0 Å². The Bertz CT molecular complexity index is 1610. The van der Waals surface area contributed by atoms with E-state index in [4.69, 9.17) is 4.74 Å². The third-order valence-corrected chi connectivity index (χ3v) is 8.67. The normalized spacial score (nSPS) is 12.0. The van der Waals surface area contributed by atoms with E-state index in [1.165, 1.54) is 23.9 Å². The molecular weight excluding hydrogens is 569 g/mol. The molecule has 2 N–H and O–H groups in total. The minimum Gasteiger partial charge on any atom is -0.372 e. The number of aryl methyl sites for hydroxylation is 1. The fraction of sp³-hybridized carbons (Fsp3) is 0.212. The van der Waals surface area contributed by atoms with Crippen molar-refractivity contribution in [2.45, 2.75) is 37.5 Å². The number of hydrogen-bond donors (Lipinski definition) is 2. The molecule has 9 heteroatoms. The first-order valence-electron chi connectivity index (χ1n) is 13.5. The van der Waals surface area contributed by atoms with Gasteiger partial charge in [0.2, 0.25) is 0 Å². The quantitative estimate of drug-likeness (QED) is 0.203. The highest BCUT2D eigenvalue weighted by molar-refractivity contribution is 7.98. The molecule has 0 fully saturated rings. The van der Waals surface area contributed by atoms with Gasteiger partial charge in [0, 0.05) is 5.56 Å². The van der Waals surface area contributed by atoms with Crippen LogP contribution in [0.25, 0.3) is 11.1 Å². The standard InChI is InChI=1S/C33H34N2O5S2/c1-24-11-9-10-16-28(24)30-21-26(23-40-22-25-12-5-3-6-13-25)17-18-29(30)32(36)34-31(19-20-41-2)33(37)35-42(38,39)27-14-7-4-8-15-27/h3-18,21,31H,19-20,22-23H2,1-2H3,(H,34,36)(H,35,37). The van der Waals surface area contributed by atoms with Crippen LogP contribution in [-0.4, -0.2) is 38.3 Å². The number of thioether (sulfide) groups is 1. The average molecular weight is 603 g/mol. The highest BCUT2D eigenvalue weighted by Gasteiger charge is 2.27. The van der Waals surface area contributed by atoms with Gasteiger partial charge in [-0.05, 0) is 77.4 Å². The minimum atomic E-state index is -4.09. The maximum Gasteiger partial charge on any atom is 0.264 e. The largest absolute Gasteiger partial charge is 0.372 e. The lowest BCUT2D eigenvalue weighted by Crippen LogP contribution is -2.48. The maximum atomic E-state index is 13.7. The lowest BCUT2D eigenvalue weighted by atomic mass is 9.93. The highest BCUT2D eigenvalue weighted by atomic mass is 32.2. The lowest BCUT2D eigenvalue weighted by Gasteiger charge is -2.20. The zero-order valence-electron chi connectivity index (χ0n) is 23.6. The molecule has 4 aromatic carbocycles. The summed E-state index contributed by atoms with van der Waals surface area (Å²) in [5.74, 6) is -0.709. The summed E-state index contributed by atoms with van der Waals surface area (Å²) in [6.45, 7) is 2.78. The van der Waals surface area contributed by atoms with Gasteiger partial charge in [0.05, 0.1) is 18.1 Å². The summed E-state index contributed by atoms with van der Waals surface area (Å²) in [7, 11) is -4.09. The van der Waals surface area contributed by atoms with Gasteiger partial charge < -0.3 is 10.1 Å². The molecule has 0 heterocycles. The van der Waals surface area contributed by atoms with Crippen LogP contribution in [0.5, 0.6) is 0 Å². The average Bonchev–Trinajstić information content (AvgIpc) is 3.00. The highest BCUT2D eigenvalue weighted by Crippen LogP contribution is 2.29. The molecular formula is C33H34N2O5S2. The zero-order chi connectivity index (χ0) is 30.0. The Hall–Kier alpha value is -3.92. The molecule has 4 rings (SSSR count). The van der Waals surface area contributed by atoms with E-state index in [1.54, 1.807) is 24.3 Å². The van der Waals surface area contributed by atoms with Gasteiger partial charge in [-0.2, -0.15) is 11.8 Å². The molecule has 0 radical (unpaired) electrons. The van der Waals surface area contributed by atoms with Crippen LogP contribution in [0.1, 0.15) is 33.5 Å². The van der Waals surface area contributed by atoms with Crippen molar-refractivity contribution in [1.82, 2.24) is 10.0 Å². The van der Waals surface area contributed by atoms with Gasteiger partial charge >= 0.3 is 0 Å². The topological polar surface area (TPSA) is 102 Å². The van der Waals surface area contributed by atoms with Crippen molar-refractivity contribution in [3.05, 3.63) is 125 Å². The van der Waals surface area contributed by atoms with Crippen molar-refractivity contribution in [3.8, 4) is 11.1 Å². The van der Waals surface area contributed by atoms with Crippen molar-refractivity contribution in [2.24, 2.45) is 0 Å². The van der Waals surface area contributed by atoms with Crippen LogP contribution in [0.3, 0.4) is 0 Å². The summed E-state index contributed by atoms with van der Waals surface area (Å²) < 4.78 is 33.7. The van der Waals surface area contributed by atoms with Crippen molar-refractivity contribution in [1.29, 1.82) is 0 Å². The Morgan fingerprint density at radius 2 is 1.45 bits per heavy atom. The molecule has 2 amide bonds. The van der Waals surface area contributed by atoms with Crippen LogP contribution < -0.4 is 10.0 Å². The Morgan fingerprint density at radius 1 is 0.810 bits per heavy atom. The molecule has 4 aromatic rings. The molecule has 0 aromatic heterocycles. The number of sulfonamides is 1. The van der Waals surface area contributed by atoms with Crippen molar-refractivity contribution in [2.75, 3.05) is 12.0 Å². The third kappa shape index (κ3) is 8.31. The second-order valence-corrected chi connectivity index (χ2v) is 12.4. The fourth-order valence-electron chi connectivity index (χ4n) is 4.44. The number of rotatable bonds is 13. The number of ether oxygens (including phenoxy) is 1. The summed E-state index contributed by atoms with van der Waals surface area (Å²) >= 11 is 1.50. The van der Waals surface area contributed by atoms with Crippen LogP contribution in [0.15, 0.2) is 108 Å². The first-order chi connectivity index (χ1) is 20.3. The zero-order valence-corrected chi connectivity index (χ0v) is 25.2. The van der Waals surface area contributed by atoms with E-state index in [0.29, 0.717) is 30.1 Å². The number of nitrogens with one attached hydrogen (secondary N) is 2. The Balaban J connectivity index is 1.57. The monoisotopic (exact) mass is 602 g/mol. The van der Waals surface area contributed by atoms with E-state index in [0.717, 1.165) is 22.3 Å². The Kier molecular flexibility index (Phi) is 10.9. The van der Waals surface area contributed by atoms with Gasteiger partial charge in [-0.1, -0.05) is 78.9 Å². The first kappa shape index (κ1) is 31.0. The predicted octanol–water partition coefficient (Wildman–Crippen LogP) is 5.74. The van der Waals surface area contributed by atoms with E-state index < -0.39 is 27.9 Å². The van der Waals surface area contributed by atoms with Gasteiger partial charge in [-0.15, -0.1) is 0 Å². The third-order valence-electron chi connectivity index (χ3n) is 6.67. The molecule has 218 valence electrons. The van der Waals surface area contributed by atoms with Crippen molar-refractivity contribution >= 4 is 33.6 Å². The number of benzene rings is 4. The van der Waals surface area contributed by atoms with Crippen LogP contribution in [-0.2, 0) is 32.8 Å². The second-order valence-electron chi connectivity index (χ2n) is 9.76. The Morgan fingerprint density at radius 3 is 2.14 bits per heavy atom. The fourth-order valence-corrected chi connectivity index (χ4v) is 5.95. The summed E-state index contributed by atoms with van der Waals surface area (Å²) in [5, 5.41) is 2.80. The number of carbonyl (C=O) groups excluding carboxylic acids is 2. The predicted molar refractivity (Wildman–Crippen MR) is 168 cm³/mol. The van der Waals surface area contributed by atoms with E-state index in [9.17, 15) is 18.0 Å². The molecule has 42 heavy (non-hydrogen) atoms. The van der Waals surface area contributed by atoms with Gasteiger partial charge in [-0.25, -0.2) is 13.1 Å². The SMILES string of the molecule is CSCCC(NC(=O)c1ccc(COCc2ccccc2)cc1-c1ccccc1C)C(=O)NS(=O)(=O)c1ccccc1. The second kappa shape index (κ2) is 14.8. The lowest BCUT2D eigenvalue weighted by molar-refractivity contribution is -0.121. The van der Waals surface area contributed by atoms with Gasteiger partial charge in [-0.3, -0.25) is 9.59 Å². The number of carbonyl (C=O) groups is 2. The molecule has 0 aliphatic heterocycles. The van der Waals surface area contributed by atoms with Crippen LogP contribution >= 0.6 is 11.8 Å². The molecule has 1 unspecified atom stereocenters. The molecule has 1 atom stereocenters. The van der Waals surface area contributed by atoms with Gasteiger partial charge in [0.1, 0.15) is 6.04 Å². The summed E-state index contributed by atoms with van der Waals surface area (Å²) in [4.78, 5) is 26.8. The summed E-state index contributed by atoms with van der Waals surface area (Å²) in [6.07, 6.45) is 2.14. The molecule has 0 saturated heterocycles. The van der Waals surface area contributed by atoms with E-state index in [1.807, 2.05) is 79.9 Å². The van der Waals surface area contributed by atoms with Crippen LogP contribution in [0.4, 0.5) is 0 Å². The first-order valence-corrected chi connectivity index (χ1v) is 16.4. The molecule has 0 spiro atoms. The maximum absolute atomic E-state index is 13.7. The number of amides is 2. The van der Waals surface area contributed by atoms with Gasteiger partial charge in [0.25, 0.3) is 21.8 Å². The molecule has 0 bridgehead atoms. The molecule has 0 aliphatic rings. The smallest absolute Gasteiger partial charge is 0.264 e. The summed E-state index contributed by atoms with van der Waals surface area (Å²) in [5.41, 5.74) is 4.91. The minimum absolute atomic E-state index is 0.0276. The van der Waals surface area contributed by atoms with Crippen LogP contribution in [0, 0.1) is 6.92 Å². The van der Waals surface area contributed by atoms with Crippen LogP contribution in [0.2, 0.25) is 0 Å². The van der Waals surface area contributed by atoms with E-state index in [2.05, 4.69) is 10.0 Å². The molecule has 0 saturated carbocycles. The molecule has 7 nitrogen and oxygen atoms in total. The number of hydrogen-bond acceptors (Lipinski definition) is 6. The van der Waals surface area contributed by atoms with E-state index in [-0.39, 0.29) is 11.3 Å². The van der Waals surface area contributed by atoms with Crippen molar-refractivity contribution in [3.63, 3.8) is 0 Å². The summed E-state index contributed by atoms with van der Waals surface area (Å²) in [6, 6.07) is 29.7. The Labute approximate surface area is 251 Å².